The molecule has 2 aromatic carbocycles. The predicted molar refractivity (Wildman–Crippen MR) is 137 cm³/mol. The quantitative estimate of drug-likeness (QED) is 0.309. The summed E-state index contributed by atoms with van der Waals surface area (Å²) in [6.07, 6.45) is 1.71. The van der Waals surface area contributed by atoms with Crippen LogP contribution in [0.3, 0.4) is 0 Å². The molecule has 1 aromatic heterocycles. The fourth-order valence-electron chi connectivity index (χ4n) is 4.01. The number of carbonyl (C=O) groups excluding carboxylic acids is 2. The number of hydrogen-bond donors (Lipinski definition) is 0. The zero-order chi connectivity index (χ0) is 25.7. The van der Waals surface area contributed by atoms with Crippen LogP contribution in [0.1, 0.15) is 47.4 Å². The van der Waals surface area contributed by atoms with Crippen LogP contribution in [-0.2, 0) is 26.0 Å². The first-order valence-electron chi connectivity index (χ1n) is 11.9. The highest BCUT2D eigenvalue weighted by Crippen LogP contribution is 2.22. The zero-order valence-electron chi connectivity index (χ0n) is 20.3. The van der Waals surface area contributed by atoms with Gasteiger partial charge in [0.15, 0.2) is 4.80 Å². The number of thiazole rings is 1. The Labute approximate surface area is 214 Å². The Bertz CT molecular complexity index is 1420. The Balaban J connectivity index is 1.66. The van der Waals surface area contributed by atoms with Gasteiger partial charge >= 0.3 is 5.97 Å². The van der Waals surface area contributed by atoms with Crippen molar-refractivity contribution in [3.8, 4) is 0 Å². The third-order valence-corrected chi connectivity index (χ3v) is 8.81. The molecule has 0 radical (unpaired) electrons. The molecule has 11 heteroatoms. The Morgan fingerprint density at radius 2 is 1.69 bits per heavy atom. The maximum absolute atomic E-state index is 13.0. The molecule has 3 aromatic rings. The lowest BCUT2D eigenvalue weighted by Gasteiger charge is -2.15. The number of benzene rings is 2. The Morgan fingerprint density at radius 1 is 1.00 bits per heavy atom. The maximum atomic E-state index is 13.0. The fourth-order valence-corrected chi connectivity index (χ4v) is 6.63. The van der Waals surface area contributed by atoms with Gasteiger partial charge in [-0.3, -0.25) is 4.79 Å². The minimum Gasteiger partial charge on any atom is -0.462 e. The summed E-state index contributed by atoms with van der Waals surface area (Å²) in [5, 5.41) is 0. The second-order valence-electron chi connectivity index (χ2n) is 8.19. The number of rotatable bonds is 9. The summed E-state index contributed by atoms with van der Waals surface area (Å²) in [5.74, 6) is -0.894. The average molecular weight is 532 g/mol. The minimum atomic E-state index is -3.55. The molecule has 0 unspecified atom stereocenters. The highest BCUT2D eigenvalue weighted by molar-refractivity contribution is 7.89. The topological polar surface area (TPSA) is 107 Å². The maximum Gasteiger partial charge on any atom is 0.338 e. The molecule has 0 saturated carbocycles. The molecule has 1 aliphatic heterocycles. The van der Waals surface area contributed by atoms with Crippen LogP contribution in [0.2, 0.25) is 0 Å². The number of carbonyl (C=O) groups is 2. The Hall–Kier alpha value is -2.86. The first-order valence-corrected chi connectivity index (χ1v) is 14.2. The van der Waals surface area contributed by atoms with E-state index in [0.29, 0.717) is 43.2 Å². The molecule has 9 nitrogen and oxygen atoms in total. The Morgan fingerprint density at radius 3 is 2.36 bits per heavy atom. The standard InChI is InChI=1S/C25H29N3O6S2/c1-3-33-16-15-28-21-12-9-19(24(30)34-4-2)17-22(21)35-25(28)26-23(29)18-7-10-20(11-8-18)36(31,32)27-13-5-6-14-27/h7-12,17H,3-6,13-16H2,1-2H3. The molecule has 0 atom stereocenters. The van der Waals surface area contributed by atoms with Crippen molar-refractivity contribution < 1.29 is 27.5 Å². The van der Waals surface area contributed by atoms with Crippen LogP contribution in [0, 0.1) is 0 Å². The molecule has 0 N–H and O–H groups in total. The van der Waals surface area contributed by atoms with Crippen molar-refractivity contribution in [2.45, 2.75) is 38.1 Å². The summed E-state index contributed by atoms with van der Waals surface area (Å²) in [5.41, 5.74) is 1.54. The van der Waals surface area contributed by atoms with Crippen molar-refractivity contribution in [1.29, 1.82) is 0 Å². The molecule has 36 heavy (non-hydrogen) atoms. The third-order valence-electron chi connectivity index (χ3n) is 5.86. The summed E-state index contributed by atoms with van der Waals surface area (Å²) >= 11 is 1.29. The molecule has 1 aliphatic rings. The van der Waals surface area contributed by atoms with Crippen LogP contribution in [0.5, 0.6) is 0 Å². The van der Waals surface area contributed by atoms with Gasteiger partial charge in [0, 0.05) is 31.8 Å². The van der Waals surface area contributed by atoms with E-state index in [9.17, 15) is 18.0 Å². The van der Waals surface area contributed by atoms with Gasteiger partial charge in [0.2, 0.25) is 10.0 Å². The van der Waals surface area contributed by atoms with E-state index >= 15 is 0 Å². The van der Waals surface area contributed by atoms with Gasteiger partial charge in [-0.2, -0.15) is 9.30 Å². The number of hydrogen-bond acceptors (Lipinski definition) is 7. The number of esters is 1. The van der Waals surface area contributed by atoms with E-state index in [2.05, 4.69) is 4.99 Å². The summed E-state index contributed by atoms with van der Waals surface area (Å²) in [4.78, 5) is 30.1. The van der Waals surface area contributed by atoms with Crippen molar-refractivity contribution in [3.63, 3.8) is 0 Å². The molecule has 0 bridgehead atoms. The molecular formula is C25H29N3O6S2. The monoisotopic (exact) mass is 531 g/mol. The largest absolute Gasteiger partial charge is 0.462 e. The van der Waals surface area contributed by atoms with Crippen LogP contribution < -0.4 is 4.80 Å². The van der Waals surface area contributed by atoms with E-state index in [1.165, 1.54) is 39.9 Å². The van der Waals surface area contributed by atoms with Gasteiger partial charge < -0.3 is 14.0 Å². The highest BCUT2D eigenvalue weighted by atomic mass is 32.2. The van der Waals surface area contributed by atoms with Crippen molar-refractivity contribution in [3.05, 3.63) is 58.4 Å². The average Bonchev–Trinajstić information content (AvgIpc) is 3.53. The molecular weight excluding hydrogens is 502 g/mol. The smallest absolute Gasteiger partial charge is 0.338 e. The van der Waals surface area contributed by atoms with Crippen LogP contribution in [0.4, 0.5) is 0 Å². The third kappa shape index (κ3) is 5.59. The summed E-state index contributed by atoms with van der Waals surface area (Å²) in [6, 6.07) is 11.1. The lowest BCUT2D eigenvalue weighted by Crippen LogP contribution is -2.27. The molecule has 2 heterocycles. The molecule has 0 spiro atoms. The number of sulfonamides is 1. The predicted octanol–water partition coefficient (Wildman–Crippen LogP) is 3.44. The van der Waals surface area contributed by atoms with Crippen molar-refractivity contribution >= 4 is 43.5 Å². The van der Waals surface area contributed by atoms with Gasteiger partial charge in [-0.25, -0.2) is 13.2 Å². The normalized spacial score (nSPS) is 15.0. The molecule has 1 amide bonds. The van der Waals surface area contributed by atoms with Crippen molar-refractivity contribution in [1.82, 2.24) is 8.87 Å². The van der Waals surface area contributed by atoms with Gasteiger partial charge in [0.25, 0.3) is 5.91 Å². The van der Waals surface area contributed by atoms with E-state index in [1.54, 1.807) is 19.1 Å². The van der Waals surface area contributed by atoms with Gasteiger partial charge in [-0.05, 0) is 69.2 Å². The van der Waals surface area contributed by atoms with Crippen LogP contribution in [0.25, 0.3) is 10.2 Å². The van der Waals surface area contributed by atoms with E-state index in [1.807, 2.05) is 17.6 Å². The van der Waals surface area contributed by atoms with Gasteiger partial charge in [-0.1, -0.05) is 11.3 Å². The SMILES string of the molecule is CCOCCn1c(=NC(=O)c2ccc(S(=O)(=O)N3CCCC3)cc2)sc2cc(C(=O)OCC)ccc21. The van der Waals surface area contributed by atoms with Crippen LogP contribution in [-0.4, -0.2) is 62.1 Å². The van der Waals surface area contributed by atoms with Gasteiger partial charge in [0.05, 0.1) is 33.9 Å². The Kier molecular flexibility index (Phi) is 8.35. The lowest BCUT2D eigenvalue weighted by atomic mass is 10.2. The molecule has 4 rings (SSSR count). The summed E-state index contributed by atoms with van der Waals surface area (Å²) < 4.78 is 40.3. The number of aromatic nitrogens is 1. The first-order chi connectivity index (χ1) is 17.3. The van der Waals surface area contributed by atoms with Crippen LogP contribution >= 0.6 is 11.3 Å². The first kappa shape index (κ1) is 26.2. The molecule has 1 fully saturated rings. The second kappa shape index (κ2) is 11.5. The number of nitrogens with zero attached hydrogens (tertiary/aromatic N) is 3. The van der Waals surface area contributed by atoms with E-state index in [4.69, 9.17) is 9.47 Å². The zero-order valence-corrected chi connectivity index (χ0v) is 21.9. The second-order valence-corrected chi connectivity index (χ2v) is 11.1. The lowest BCUT2D eigenvalue weighted by molar-refractivity contribution is 0.0526. The highest BCUT2D eigenvalue weighted by Gasteiger charge is 2.27. The van der Waals surface area contributed by atoms with Gasteiger partial charge in [-0.15, -0.1) is 0 Å². The minimum absolute atomic E-state index is 0.168. The van der Waals surface area contributed by atoms with Crippen molar-refractivity contribution in [2.24, 2.45) is 4.99 Å². The van der Waals surface area contributed by atoms with E-state index in [0.717, 1.165) is 23.1 Å². The fraction of sp³-hybridized carbons (Fsp3) is 0.400. The van der Waals surface area contributed by atoms with E-state index < -0.39 is 21.9 Å². The van der Waals surface area contributed by atoms with E-state index in [-0.39, 0.29) is 17.1 Å². The summed E-state index contributed by atoms with van der Waals surface area (Å²) in [7, 11) is -3.55. The van der Waals surface area contributed by atoms with Gasteiger partial charge in [0.1, 0.15) is 0 Å². The van der Waals surface area contributed by atoms with Crippen molar-refractivity contribution in [2.75, 3.05) is 32.9 Å². The number of amides is 1. The molecule has 0 aliphatic carbocycles. The summed E-state index contributed by atoms with van der Waals surface area (Å²) in [6.45, 7) is 6.45. The number of ether oxygens (including phenoxy) is 2. The molecule has 192 valence electrons. The number of fused-ring (bicyclic) bond motifs is 1. The van der Waals surface area contributed by atoms with Crippen LogP contribution in [0.15, 0.2) is 52.4 Å². The molecule has 1 saturated heterocycles.